The van der Waals surface area contributed by atoms with Crippen LogP contribution in [0.1, 0.15) is 64.7 Å². The minimum Gasteiger partial charge on any atom is -0.549 e. The number of carboxylic acids is 1. The number of carbonyl (C=O) groups excluding carboxylic acids is 1. The fraction of sp³-hybridized carbons (Fsp3) is 0.550. The van der Waals surface area contributed by atoms with E-state index >= 15 is 0 Å². The Morgan fingerprint density at radius 1 is 1.04 bits per heavy atom. The summed E-state index contributed by atoms with van der Waals surface area (Å²) in [6, 6.07) is 9.69. The van der Waals surface area contributed by atoms with Crippen LogP contribution >= 0.6 is 11.8 Å². The number of rotatable bonds is 11. The third kappa shape index (κ3) is 10.1. The molecule has 0 N–H and O–H groups in total. The number of aliphatic carboxylic acids is 1. The van der Waals surface area contributed by atoms with Crippen molar-refractivity contribution in [1.29, 1.82) is 0 Å². The van der Waals surface area contributed by atoms with Crippen LogP contribution in [0.15, 0.2) is 35.2 Å². The zero-order valence-corrected chi connectivity index (χ0v) is 14.9. The van der Waals surface area contributed by atoms with Gasteiger partial charge in [0.1, 0.15) is 0 Å². The van der Waals surface area contributed by atoms with E-state index in [1.165, 1.54) is 37.4 Å². The van der Waals surface area contributed by atoms with E-state index < -0.39 is 11.2 Å². The van der Waals surface area contributed by atoms with E-state index in [0.717, 1.165) is 30.6 Å². The van der Waals surface area contributed by atoms with Gasteiger partial charge < -0.3 is 9.90 Å². The van der Waals surface area contributed by atoms with Gasteiger partial charge in [0.05, 0.1) is 5.97 Å². The number of hydrogen-bond acceptors (Lipinski definition) is 3. The topological polar surface area (TPSA) is 40.1 Å². The van der Waals surface area contributed by atoms with Gasteiger partial charge in [-0.1, -0.05) is 57.2 Å². The normalized spacial score (nSPS) is 11.5. The van der Waals surface area contributed by atoms with Crippen molar-refractivity contribution in [2.75, 3.05) is 0 Å². The predicted octanol–water partition coefficient (Wildman–Crippen LogP) is 4.43. The second kappa shape index (κ2) is 13.1. The summed E-state index contributed by atoms with van der Waals surface area (Å²) in [4.78, 5) is 12.2. The molecule has 0 aliphatic heterocycles. The first-order chi connectivity index (χ1) is 11.2. The lowest BCUT2D eigenvalue weighted by atomic mass is 10.1. The van der Waals surface area contributed by atoms with E-state index in [4.69, 9.17) is 0 Å². The van der Waals surface area contributed by atoms with Gasteiger partial charge in [-0.25, -0.2) is 0 Å². The van der Waals surface area contributed by atoms with Gasteiger partial charge >= 0.3 is 0 Å². The fourth-order valence-corrected chi connectivity index (χ4v) is 3.38. The summed E-state index contributed by atoms with van der Waals surface area (Å²) >= 11 is 1.40. The van der Waals surface area contributed by atoms with Crippen molar-refractivity contribution in [1.82, 2.24) is 0 Å². The largest absolute Gasteiger partial charge is 0.549 e. The number of benzene rings is 1. The minimum atomic E-state index is -0.951. The molecule has 0 aromatic heterocycles. The summed E-state index contributed by atoms with van der Waals surface area (Å²) in [5.74, 6) is 5.30. The summed E-state index contributed by atoms with van der Waals surface area (Å²) in [6.45, 7) is 2.07. The Kier molecular flexibility index (Phi) is 11.2. The molecule has 23 heavy (non-hydrogen) atoms. The molecule has 1 unspecified atom stereocenters. The van der Waals surface area contributed by atoms with Crippen molar-refractivity contribution < 1.29 is 9.90 Å². The van der Waals surface area contributed by atoms with Crippen molar-refractivity contribution in [2.24, 2.45) is 0 Å². The second-order valence-electron chi connectivity index (χ2n) is 5.61. The van der Waals surface area contributed by atoms with Gasteiger partial charge in [-0.15, -0.1) is 23.6 Å². The van der Waals surface area contributed by atoms with Crippen LogP contribution < -0.4 is 5.11 Å². The smallest absolute Gasteiger partial charge is 0.0548 e. The Balaban J connectivity index is 2.11. The maximum Gasteiger partial charge on any atom is 0.0548 e. The molecular formula is C20H27O2S-. The Labute approximate surface area is 145 Å². The average molecular weight is 332 g/mol. The summed E-state index contributed by atoms with van der Waals surface area (Å²) in [5.41, 5.74) is 0. The van der Waals surface area contributed by atoms with E-state index in [9.17, 15) is 9.90 Å². The highest BCUT2D eigenvalue weighted by Gasteiger charge is 2.11. The van der Waals surface area contributed by atoms with E-state index in [-0.39, 0.29) is 0 Å². The molecule has 0 saturated heterocycles. The molecule has 0 bridgehead atoms. The molecule has 126 valence electrons. The third-order valence-corrected chi connectivity index (χ3v) is 4.86. The first-order valence-corrected chi connectivity index (χ1v) is 9.50. The number of unbranched alkanes of at least 4 members (excludes halogenated alkanes) is 6. The van der Waals surface area contributed by atoms with Crippen LogP contribution in [0.3, 0.4) is 0 Å². The fourth-order valence-electron chi connectivity index (χ4n) is 2.35. The van der Waals surface area contributed by atoms with Crippen molar-refractivity contribution in [3.8, 4) is 11.8 Å². The number of thioether (sulfide) groups is 1. The molecule has 0 saturated carbocycles. The van der Waals surface area contributed by atoms with Crippen LogP contribution in [0.5, 0.6) is 0 Å². The van der Waals surface area contributed by atoms with Gasteiger partial charge in [0.25, 0.3) is 0 Å². The lowest BCUT2D eigenvalue weighted by Gasteiger charge is -2.17. The Bertz CT molecular complexity index is 487. The van der Waals surface area contributed by atoms with Gasteiger partial charge in [0, 0.05) is 23.0 Å². The number of carboxylic acid groups (broad SMARTS) is 1. The molecule has 1 aromatic carbocycles. The Morgan fingerprint density at radius 2 is 1.70 bits per heavy atom. The van der Waals surface area contributed by atoms with Gasteiger partial charge in [0.15, 0.2) is 0 Å². The van der Waals surface area contributed by atoms with Crippen molar-refractivity contribution in [3.05, 3.63) is 30.3 Å². The zero-order valence-electron chi connectivity index (χ0n) is 14.1. The summed E-state index contributed by atoms with van der Waals surface area (Å²) in [5, 5.41) is 10.8. The van der Waals surface area contributed by atoms with Crippen LogP contribution in [0.2, 0.25) is 0 Å². The SMILES string of the molecule is CCC#CCCCCCCCCC(Sc1ccccc1)C(=O)[O-]. The third-order valence-electron chi connectivity index (χ3n) is 3.60. The summed E-state index contributed by atoms with van der Waals surface area (Å²) in [7, 11) is 0. The maximum atomic E-state index is 11.3. The molecule has 0 spiro atoms. The Morgan fingerprint density at radius 3 is 2.35 bits per heavy atom. The van der Waals surface area contributed by atoms with Crippen molar-refractivity contribution >= 4 is 17.7 Å². The number of carbonyl (C=O) groups is 1. The van der Waals surface area contributed by atoms with Gasteiger partial charge in [-0.05, 0) is 25.0 Å². The van der Waals surface area contributed by atoms with Crippen molar-refractivity contribution in [2.45, 2.75) is 74.9 Å². The summed E-state index contributed by atoms with van der Waals surface area (Å²) < 4.78 is 0. The lowest BCUT2D eigenvalue weighted by Crippen LogP contribution is -2.33. The monoisotopic (exact) mass is 331 g/mol. The molecule has 0 heterocycles. The van der Waals surface area contributed by atoms with E-state index in [0.29, 0.717) is 6.42 Å². The molecule has 0 amide bonds. The molecule has 0 aliphatic rings. The minimum absolute atomic E-state index is 0.443. The molecular weight excluding hydrogens is 304 g/mol. The van der Waals surface area contributed by atoms with Crippen LogP contribution in [0.25, 0.3) is 0 Å². The van der Waals surface area contributed by atoms with E-state index in [1.54, 1.807) is 0 Å². The highest BCUT2D eigenvalue weighted by molar-refractivity contribution is 8.00. The van der Waals surface area contributed by atoms with Crippen LogP contribution in [0, 0.1) is 11.8 Å². The second-order valence-corrected chi connectivity index (χ2v) is 6.88. The molecule has 3 heteroatoms. The average Bonchev–Trinajstić information content (AvgIpc) is 2.56. The maximum absolute atomic E-state index is 11.3. The molecule has 1 rings (SSSR count). The summed E-state index contributed by atoms with van der Waals surface area (Å²) in [6.07, 6.45) is 9.48. The van der Waals surface area contributed by atoms with Gasteiger partial charge in [-0.2, -0.15) is 0 Å². The van der Waals surface area contributed by atoms with Gasteiger partial charge in [-0.3, -0.25) is 0 Å². The molecule has 1 aromatic rings. The predicted molar refractivity (Wildman–Crippen MR) is 96.1 cm³/mol. The van der Waals surface area contributed by atoms with E-state index in [1.807, 2.05) is 30.3 Å². The standard InChI is InChI=1S/C20H28O2S/c1-2-3-4-5-6-7-8-9-10-14-17-19(20(21)22)23-18-15-12-11-13-16-18/h11-13,15-16,19H,2,5-10,14,17H2,1H3,(H,21,22)/p-1. The highest BCUT2D eigenvalue weighted by Crippen LogP contribution is 2.26. The van der Waals surface area contributed by atoms with E-state index in [2.05, 4.69) is 18.8 Å². The van der Waals surface area contributed by atoms with Crippen LogP contribution in [-0.2, 0) is 4.79 Å². The zero-order chi connectivity index (χ0) is 16.8. The highest BCUT2D eigenvalue weighted by atomic mass is 32.2. The molecule has 1 atom stereocenters. The first-order valence-electron chi connectivity index (χ1n) is 8.62. The van der Waals surface area contributed by atoms with Crippen molar-refractivity contribution in [3.63, 3.8) is 0 Å². The first kappa shape index (κ1) is 19.6. The molecule has 2 nitrogen and oxygen atoms in total. The van der Waals surface area contributed by atoms with Crippen LogP contribution in [0.4, 0.5) is 0 Å². The lowest BCUT2D eigenvalue weighted by molar-refractivity contribution is -0.304. The quantitative estimate of drug-likeness (QED) is 0.342. The molecule has 0 aliphatic carbocycles. The van der Waals surface area contributed by atoms with Crippen LogP contribution in [-0.4, -0.2) is 11.2 Å². The Hall–Kier alpha value is -1.40. The molecule has 0 fully saturated rings. The molecule has 0 radical (unpaired) electrons. The van der Waals surface area contributed by atoms with Gasteiger partial charge in [0.2, 0.25) is 0 Å². The number of hydrogen-bond donors (Lipinski definition) is 0.